The second-order valence-electron chi connectivity index (χ2n) is 5.00. The Hall–Kier alpha value is -2.24. The molecule has 0 aliphatic carbocycles. The zero-order valence-corrected chi connectivity index (χ0v) is 13.3. The second-order valence-corrected chi connectivity index (χ2v) is 5.00. The molecule has 0 saturated heterocycles. The number of unbranched alkanes of at least 4 members (excludes halogenated alkanes) is 1. The van der Waals surface area contributed by atoms with Gasteiger partial charge in [-0.2, -0.15) is 0 Å². The number of hydrogen-bond acceptors (Lipinski definition) is 4. The van der Waals surface area contributed by atoms with Gasteiger partial charge in [0.1, 0.15) is 5.75 Å². The minimum absolute atomic E-state index is 0.120. The largest absolute Gasteiger partial charge is 0.482 e. The molecule has 1 aromatic carbocycles. The van der Waals surface area contributed by atoms with Gasteiger partial charge in [0, 0.05) is 18.7 Å². The average molecular weight is 307 g/mol. The lowest BCUT2D eigenvalue weighted by molar-refractivity contribution is -0.123. The first-order valence-electron chi connectivity index (χ1n) is 7.65. The van der Waals surface area contributed by atoms with Crippen LogP contribution >= 0.6 is 0 Å². The molecular formula is C16H25N3O3. The predicted octanol–water partition coefficient (Wildman–Crippen LogP) is 1.70. The first-order chi connectivity index (χ1) is 10.6. The number of nitrogens with one attached hydrogen (secondary N) is 2. The highest BCUT2D eigenvalue weighted by atomic mass is 16.5. The van der Waals surface area contributed by atoms with Gasteiger partial charge in [-0.05, 0) is 31.0 Å². The number of ether oxygens (including phenoxy) is 1. The fraction of sp³-hybridized carbons (Fsp3) is 0.500. The third kappa shape index (κ3) is 6.03. The van der Waals surface area contributed by atoms with Gasteiger partial charge in [-0.1, -0.05) is 20.3 Å². The maximum atomic E-state index is 12.0. The van der Waals surface area contributed by atoms with Crippen molar-refractivity contribution in [1.82, 2.24) is 10.6 Å². The summed E-state index contributed by atoms with van der Waals surface area (Å²) < 4.78 is 5.40. The highest BCUT2D eigenvalue weighted by Crippen LogP contribution is 2.22. The number of amides is 2. The van der Waals surface area contributed by atoms with Gasteiger partial charge in [-0.15, -0.1) is 0 Å². The van der Waals surface area contributed by atoms with E-state index in [-0.39, 0.29) is 18.4 Å². The van der Waals surface area contributed by atoms with Crippen molar-refractivity contribution in [3.63, 3.8) is 0 Å². The quantitative estimate of drug-likeness (QED) is 0.478. The van der Waals surface area contributed by atoms with Crippen LogP contribution in [0.1, 0.15) is 43.5 Å². The van der Waals surface area contributed by atoms with Crippen LogP contribution in [0.4, 0.5) is 5.69 Å². The lowest BCUT2D eigenvalue weighted by Gasteiger charge is -2.11. The van der Waals surface area contributed by atoms with Crippen molar-refractivity contribution < 1.29 is 14.3 Å². The molecule has 0 saturated carbocycles. The number of hydrogen-bond donors (Lipinski definition) is 3. The molecule has 1 rings (SSSR count). The van der Waals surface area contributed by atoms with E-state index >= 15 is 0 Å². The third-order valence-electron chi connectivity index (χ3n) is 3.02. The van der Waals surface area contributed by atoms with Gasteiger partial charge >= 0.3 is 0 Å². The number of carbonyl (C=O) groups excluding carboxylic acids is 2. The number of anilines is 1. The molecule has 0 heterocycles. The molecule has 0 aliphatic rings. The van der Waals surface area contributed by atoms with E-state index < -0.39 is 0 Å². The SMILES string of the molecule is CCCCNC(=O)c1ccc(N)c(OCC(=O)NCCC)c1. The first-order valence-corrected chi connectivity index (χ1v) is 7.65. The fourth-order valence-corrected chi connectivity index (χ4v) is 1.74. The van der Waals surface area contributed by atoms with Gasteiger partial charge in [-0.25, -0.2) is 0 Å². The molecule has 2 amide bonds. The lowest BCUT2D eigenvalue weighted by Crippen LogP contribution is -2.29. The Labute approximate surface area is 131 Å². The van der Waals surface area contributed by atoms with Crippen LogP contribution in [-0.2, 0) is 4.79 Å². The van der Waals surface area contributed by atoms with E-state index in [2.05, 4.69) is 17.6 Å². The van der Waals surface area contributed by atoms with Crippen LogP contribution in [0.2, 0.25) is 0 Å². The Balaban J connectivity index is 2.61. The summed E-state index contributed by atoms with van der Waals surface area (Å²) in [5.41, 5.74) is 6.67. The summed E-state index contributed by atoms with van der Waals surface area (Å²) in [5.74, 6) is -0.0393. The van der Waals surface area contributed by atoms with Gasteiger partial charge in [-0.3, -0.25) is 9.59 Å². The van der Waals surface area contributed by atoms with Crippen molar-refractivity contribution in [2.75, 3.05) is 25.4 Å². The van der Waals surface area contributed by atoms with E-state index in [9.17, 15) is 9.59 Å². The number of nitrogen functional groups attached to an aromatic ring is 1. The van der Waals surface area contributed by atoms with Crippen molar-refractivity contribution in [1.29, 1.82) is 0 Å². The minimum Gasteiger partial charge on any atom is -0.482 e. The lowest BCUT2D eigenvalue weighted by atomic mass is 10.1. The van der Waals surface area contributed by atoms with E-state index in [4.69, 9.17) is 10.5 Å². The highest BCUT2D eigenvalue weighted by molar-refractivity contribution is 5.95. The molecule has 6 nitrogen and oxygen atoms in total. The number of rotatable bonds is 9. The average Bonchev–Trinajstić information content (AvgIpc) is 2.52. The zero-order valence-electron chi connectivity index (χ0n) is 13.3. The molecular weight excluding hydrogens is 282 g/mol. The molecule has 0 unspecified atom stereocenters. The maximum Gasteiger partial charge on any atom is 0.257 e. The fourth-order valence-electron chi connectivity index (χ4n) is 1.74. The molecule has 22 heavy (non-hydrogen) atoms. The van der Waals surface area contributed by atoms with Crippen LogP contribution in [0.3, 0.4) is 0 Å². The summed E-state index contributed by atoms with van der Waals surface area (Å²) in [6, 6.07) is 4.80. The van der Waals surface area contributed by atoms with Gasteiger partial charge in [0.2, 0.25) is 0 Å². The predicted molar refractivity (Wildman–Crippen MR) is 86.9 cm³/mol. The monoisotopic (exact) mass is 307 g/mol. The third-order valence-corrected chi connectivity index (χ3v) is 3.02. The molecule has 0 radical (unpaired) electrons. The molecule has 0 spiro atoms. The van der Waals surface area contributed by atoms with Gasteiger partial charge in [0.15, 0.2) is 6.61 Å². The molecule has 0 aromatic heterocycles. The highest BCUT2D eigenvalue weighted by Gasteiger charge is 2.10. The Morgan fingerprint density at radius 1 is 1.14 bits per heavy atom. The molecule has 122 valence electrons. The summed E-state index contributed by atoms with van der Waals surface area (Å²) >= 11 is 0. The van der Waals surface area contributed by atoms with E-state index in [1.165, 1.54) is 0 Å². The standard InChI is InChI=1S/C16H25N3O3/c1-3-5-9-19-16(21)12-6-7-13(17)14(10-12)22-11-15(20)18-8-4-2/h6-7,10H,3-5,8-9,11,17H2,1-2H3,(H,18,20)(H,19,21). The van der Waals surface area contributed by atoms with Crippen LogP contribution in [0, 0.1) is 0 Å². The van der Waals surface area contributed by atoms with Crippen LogP contribution in [-0.4, -0.2) is 31.5 Å². The van der Waals surface area contributed by atoms with E-state index in [0.29, 0.717) is 30.1 Å². The Morgan fingerprint density at radius 2 is 1.91 bits per heavy atom. The van der Waals surface area contributed by atoms with Crippen LogP contribution in [0.25, 0.3) is 0 Å². The van der Waals surface area contributed by atoms with Crippen LogP contribution < -0.4 is 21.1 Å². The Bertz CT molecular complexity index is 503. The summed E-state index contributed by atoms with van der Waals surface area (Å²) in [6.07, 6.45) is 2.81. The van der Waals surface area contributed by atoms with Gasteiger partial charge in [0.05, 0.1) is 5.69 Å². The van der Waals surface area contributed by atoms with Crippen LogP contribution in [0.15, 0.2) is 18.2 Å². The summed E-state index contributed by atoms with van der Waals surface area (Å²) in [6.45, 7) is 5.16. The Morgan fingerprint density at radius 3 is 2.59 bits per heavy atom. The molecule has 0 atom stereocenters. The zero-order chi connectivity index (χ0) is 16.4. The van der Waals surface area contributed by atoms with Gasteiger partial charge in [0.25, 0.3) is 11.8 Å². The molecule has 6 heteroatoms. The summed E-state index contributed by atoms with van der Waals surface area (Å²) in [5, 5.41) is 5.53. The van der Waals surface area contributed by atoms with E-state index in [1.807, 2.05) is 6.92 Å². The molecule has 0 fully saturated rings. The molecule has 0 bridgehead atoms. The summed E-state index contributed by atoms with van der Waals surface area (Å²) in [4.78, 5) is 23.5. The second kappa shape index (κ2) is 9.65. The van der Waals surface area contributed by atoms with Crippen molar-refractivity contribution in [3.8, 4) is 5.75 Å². The van der Waals surface area contributed by atoms with Crippen molar-refractivity contribution in [2.45, 2.75) is 33.1 Å². The van der Waals surface area contributed by atoms with Crippen molar-refractivity contribution in [2.24, 2.45) is 0 Å². The van der Waals surface area contributed by atoms with Crippen molar-refractivity contribution >= 4 is 17.5 Å². The van der Waals surface area contributed by atoms with Crippen LogP contribution in [0.5, 0.6) is 5.75 Å². The minimum atomic E-state index is -0.209. The number of nitrogens with two attached hydrogens (primary N) is 1. The molecule has 4 N–H and O–H groups in total. The molecule has 1 aromatic rings. The topological polar surface area (TPSA) is 93.5 Å². The van der Waals surface area contributed by atoms with Crippen molar-refractivity contribution in [3.05, 3.63) is 23.8 Å². The normalized spacial score (nSPS) is 10.1. The number of carbonyl (C=O) groups is 2. The number of benzene rings is 1. The smallest absolute Gasteiger partial charge is 0.257 e. The van der Waals surface area contributed by atoms with E-state index in [0.717, 1.165) is 19.3 Å². The van der Waals surface area contributed by atoms with E-state index in [1.54, 1.807) is 18.2 Å². The Kier molecular flexibility index (Phi) is 7.81. The first kappa shape index (κ1) is 17.8. The summed E-state index contributed by atoms with van der Waals surface area (Å²) in [7, 11) is 0. The molecule has 0 aliphatic heterocycles. The van der Waals surface area contributed by atoms with Gasteiger partial charge < -0.3 is 21.1 Å². The maximum absolute atomic E-state index is 12.0.